The number of piperidine rings is 1. The number of hydrogen-bond acceptors (Lipinski definition) is 2. The number of nitrogens with zero attached hydrogens (tertiary/aromatic N) is 1. The van der Waals surface area contributed by atoms with Crippen molar-refractivity contribution in [1.29, 1.82) is 0 Å². The van der Waals surface area contributed by atoms with E-state index < -0.39 is 0 Å². The highest BCUT2D eigenvalue weighted by atomic mass is 32.2. The molecule has 1 fully saturated rings. The Morgan fingerprint density at radius 1 is 1.67 bits per heavy atom. The zero-order valence-corrected chi connectivity index (χ0v) is 8.86. The van der Waals surface area contributed by atoms with Crippen molar-refractivity contribution in [2.45, 2.75) is 13.3 Å². The molecular formula is C9H17NOS. The second kappa shape index (κ2) is 4.17. The van der Waals surface area contributed by atoms with E-state index in [0.29, 0.717) is 17.7 Å². The molecule has 0 radical (unpaired) electrons. The summed E-state index contributed by atoms with van der Waals surface area (Å²) in [6, 6.07) is 0. The number of likely N-dealkylation sites (tertiary alicyclic amines) is 1. The van der Waals surface area contributed by atoms with E-state index in [1.807, 2.05) is 23.7 Å². The normalized spacial score (nSPS) is 30.9. The lowest BCUT2D eigenvalue weighted by atomic mass is 9.88. The molecule has 2 nitrogen and oxygen atoms in total. The van der Waals surface area contributed by atoms with E-state index >= 15 is 0 Å². The van der Waals surface area contributed by atoms with Gasteiger partial charge in [0.25, 0.3) is 0 Å². The minimum Gasteiger partial charge on any atom is -0.345 e. The summed E-state index contributed by atoms with van der Waals surface area (Å²) in [6.45, 7) is 3.17. The molecular weight excluding hydrogens is 170 g/mol. The van der Waals surface area contributed by atoms with E-state index in [0.717, 1.165) is 18.7 Å². The molecule has 0 aromatic rings. The lowest BCUT2D eigenvalue weighted by molar-refractivity contribution is -0.134. The Kier molecular flexibility index (Phi) is 3.44. The molecule has 0 spiro atoms. The van der Waals surface area contributed by atoms with Crippen molar-refractivity contribution in [1.82, 2.24) is 4.90 Å². The summed E-state index contributed by atoms with van der Waals surface area (Å²) in [5.41, 5.74) is 0. The second-order valence-electron chi connectivity index (χ2n) is 3.67. The van der Waals surface area contributed by atoms with E-state index in [9.17, 15) is 4.79 Å². The molecule has 1 aliphatic heterocycles. The lowest BCUT2D eigenvalue weighted by Crippen LogP contribution is -2.41. The molecule has 0 aromatic heterocycles. The molecule has 2 atom stereocenters. The van der Waals surface area contributed by atoms with Crippen LogP contribution >= 0.6 is 11.8 Å². The molecule has 70 valence electrons. The lowest BCUT2D eigenvalue weighted by Gasteiger charge is -2.34. The fourth-order valence-corrected chi connectivity index (χ4v) is 2.58. The first kappa shape index (κ1) is 9.90. The van der Waals surface area contributed by atoms with Crippen LogP contribution in [-0.4, -0.2) is 36.4 Å². The Hall–Kier alpha value is -0.180. The summed E-state index contributed by atoms with van der Waals surface area (Å²) >= 11 is 1.84. The molecule has 3 heteroatoms. The van der Waals surface area contributed by atoms with Gasteiger partial charge >= 0.3 is 0 Å². The van der Waals surface area contributed by atoms with Gasteiger partial charge in [0.1, 0.15) is 0 Å². The Morgan fingerprint density at radius 3 is 2.92 bits per heavy atom. The van der Waals surface area contributed by atoms with Crippen LogP contribution in [0.5, 0.6) is 0 Å². The van der Waals surface area contributed by atoms with Crippen LogP contribution < -0.4 is 0 Å². The van der Waals surface area contributed by atoms with Crippen LogP contribution in [0.4, 0.5) is 0 Å². The topological polar surface area (TPSA) is 20.3 Å². The second-order valence-corrected chi connectivity index (χ2v) is 4.58. The Labute approximate surface area is 78.7 Å². The number of carbonyl (C=O) groups is 1. The van der Waals surface area contributed by atoms with Gasteiger partial charge in [0.05, 0.1) is 0 Å². The molecule has 1 aliphatic rings. The van der Waals surface area contributed by atoms with Crippen molar-refractivity contribution < 1.29 is 4.79 Å². The van der Waals surface area contributed by atoms with Gasteiger partial charge in [-0.2, -0.15) is 11.8 Å². The molecule has 12 heavy (non-hydrogen) atoms. The van der Waals surface area contributed by atoms with Crippen LogP contribution in [0.25, 0.3) is 0 Å². The van der Waals surface area contributed by atoms with Gasteiger partial charge in [0, 0.05) is 20.0 Å². The van der Waals surface area contributed by atoms with Crippen molar-refractivity contribution in [2.24, 2.45) is 11.8 Å². The number of hydrogen-bond donors (Lipinski definition) is 0. The Bertz CT molecular complexity index is 172. The van der Waals surface area contributed by atoms with Crippen molar-refractivity contribution >= 4 is 17.7 Å². The molecule has 0 aromatic carbocycles. The molecule has 0 bridgehead atoms. The Balaban J connectivity index is 2.49. The summed E-state index contributed by atoms with van der Waals surface area (Å²) in [5, 5.41) is 0. The van der Waals surface area contributed by atoms with Crippen LogP contribution in [0.2, 0.25) is 0 Å². The maximum atomic E-state index is 11.3. The number of rotatable bonds is 2. The average molecular weight is 187 g/mol. The molecule has 0 aliphatic carbocycles. The summed E-state index contributed by atoms with van der Waals surface area (Å²) in [4.78, 5) is 13.2. The fraction of sp³-hybridized carbons (Fsp3) is 0.889. The zero-order chi connectivity index (χ0) is 9.14. The first-order valence-electron chi connectivity index (χ1n) is 4.38. The van der Waals surface area contributed by atoms with Gasteiger partial charge in [0.15, 0.2) is 0 Å². The predicted octanol–water partition coefficient (Wildman–Crippen LogP) is 1.46. The number of carbonyl (C=O) groups excluding carboxylic acids is 1. The molecule has 1 amide bonds. The molecule has 0 N–H and O–H groups in total. The zero-order valence-electron chi connectivity index (χ0n) is 8.04. The minimum absolute atomic E-state index is 0.312. The molecule has 1 rings (SSSR count). The highest BCUT2D eigenvalue weighted by Gasteiger charge is 2.28. The van der Waals surface area contributed by atoms with Gasteiger partial charge < -0.3 is 4.90 Å². The van der Waals surface area contributed by atoms with Crippen molar-refractivity contribution in [3.63, 3.8) is 0 Å². The van der Waals surface area contributed by atoms with Gasteiger partial charge in [-0.3, -0.25) is 4.79 Å². The summed E-state index contributed by atoms with van der Waals surface area (Å²) < 4.78 is 0. The Morgan fingerprint density at radius 2 is 2.33 bits per heavy atom. The van der Waals surface area contributed by atoms with Gasteiger partial charge in [-0.25, -0.2) is 0 Å². The summed E-state index contributed by atoms with van der Waals surface area (Å²) in [6.07, 6.45) is 2.86. The van der Waals surface area contributed by atoms with E-state index in [-0.39, 0.29) is 0 Å². The van der Waals surface area contributed by atoms with Gasteiger partial charge in [0.2, 0.25) is 5.91 Å². The first-order chi connectivity index (χ1) is 5.65. The third kappa shape index (κ3) is 2.16. The van der Waals surface area contributed by atoms with E-state index in [2.05, 4.69) is 13.2 Å². The quantitative estimate of drug-likeness (QED) is 0.652. The van der Waals surface area contributed by atoms with Crippen molar-refractivity contribution in [2.75, 3.05) is 25.6 Å². The number of thioether (sulfide) groups is 1. The maximum absolute atomic E-state index is 11.3. The maximum Gasteiger partial charge on any atom is 0.222 e. The smallest absolute Gasteiger partial charge is 0.222 e. The third-order valence-electron chi connectivity index (χ3n) is 2.61. The standard InChI is InChI=1S/C9H17NOS/c1-7-5-10(2)9(11)4-8(7)6-12-3/h7-8H,4-6H2,1-3H3. The van der Waals surface area contributed by atoms with Crippen molar-refractivity contribution in [3.8, 4) is 0 Å². The highest BCUT2D eigenvalue weighted by Crippen LogP contribution is 2.25. The predicted molar refractivity (Wildman–Crippen MR) is 53.3 cm³/mol. The van der Waals surface area contributed by atoms with Crippen LogP contribution in [0.15, 0.2) is 0 Å². The van der Waals surface area contributed by atoms with E-state index in [1.54, 1.807) is 0 Å². The van der Waals surface area contributed by atoms with Crippen LogP contribution in [0.3, 0.4) is 0 Å². The molecule has 0 saturated carbocycles. The van der Waals surface area contributed by atoms with E-state index in [4.69, 9.17) is 0 Å². The minimum atomic E-state index is 0.312. The van der Waals surface area contributed by atoms with Crippen LogP contribution in [0.1, 0.15) is 13.3 Å². The molecule has 2 unspecified atom stereocenters. The van der Waals surface area contributed by atoms with Gasteiger partial charge in [-0.05, 0) is 23.8 Å². The monoisotopic (exact) mass is 187 g/mol. The fourth-order valence-electron chi connectivity index (χ4n) is 1.70. The van der Waals surface area contributed by atoms with Gasteiger partial charge in [-0.15, -0.1) is 0 Å². The SMILES string of the molecule is CSCC1CC(=O)N(C)CC1C. The molecule has 1 saturated heterocycles. The number of amides is 1. The van der Waals surface area contributed by atoms with Crippen LogP contribution in [0, 0.1) is 11.8 Å². The highest BCUT2D eigenvalue weighted by molar-refractivity contribution is 7.98. The third-order valence-corrected chi connectivity index (χ3v) is 3.37. The summed E-state index contributed by atoms with van der Waals surface area (Å²) in [7, 11) is 1.90. The average Bonchev–Trinajstić information content (AvgIpc) is 2.01. The van der Waals surface area contributed by atoms with Crippen molar-refractivity contribution in [3.05, 3.63) is 0 Å². The summed E-state index contributed by atoms with van der Waals surface area (Å²) in [5.74, 6) is 2.71. The molecule has 1 heterocycles. The van der Waals surface area contributed by atoms with Crippen LogP contribution in [-0.2, 0) is 4.79 Å². The van der Waals surface area contributed by atoms with E-state index in [1.165, 1.54) is 0 Å². The largest absolute Gasteiger partial charge is 0.345 e. The van der Waals surface area contributed by atoms with Gasteiger partial charge in [-0.1, -0.05) is 6.92 Å². The first-order valence-corrected chi connectivity index (χ1v) is 5.77.